The van der Waals surface area contributed by atoms with Crippen LogP contribution >= 0.6 is 0 Å². The van der Waals surface area contributed by atoms with Gasteiger partial charge in [0.15, 0.2) is 29.0 Å². The third-order valence-corrected chi connectivity index (χ3v) is 5.91. The Morgan fingerprint density at radius 2 is 1.80 bits per heavy atom. The number of aliphatic hydroxyl groups excluding tert-OH is 1. The van der Waals surface area contributed by atoms with Gasteiger partial charge in [-0.05, 0) is 36.2 Å². The topological polar surface area (TPSA) is 73.2 Å². The minimum absolute atomic E-state index is 0.0140. The monoisotopic (exact) mass is 427 g/mol. The number of rotatable bonds is 5. The number of benzene rings is 2. The van der Waals surface area contributed by atoms with Gasteiger partial charge in [-0.15, -0.1) is 0 Å². The Bertz CT molecular complexity index is 936. The maximum Gasteiger partial charge on any atom is 0.187 e. The molecule has 1 heterocycles. The van der Waals surface area contributed by atoms with Crippen molar-refractivity contribution < 1.29 is 37.6 Å². The van der Waals surface area contributed by atoms with Crippen molar-refractivity contribution in [2.45, 2.75) is 30.7 Å². The first-order chi connectivity index (χ1) is 14.1. The summed E-state index contributed by atoms with van der Waals surface area (Å²) in [6.45, 7) is 0.673. The minimum atomic E-state index is -1.21. The fourth-order valence-corrected chi connectivity index (χ4v) is 4.49. The van der Waals surface area contributed by atoms with Crippen molar-refractivity contribution in [2.24, 2.45) is 5.92 Å². The zero-order valence-electron chi connectivity index (χ0n) is 15.9. The molecular formula is C21H21F4NO4. The lowest BCUT2D eigenvalue weighted by atomic mass is 9.95. The molecule has 2 aromatic carbocycles. The van der Waals surface area contributed by atoms with E-state index < -0.39 is 46.8 Å². The molecule has 30 heavy (non-hydrogen) atoms. The Morgan fingerprint density at radius 1 is 1.10 bits per heavy atom. The molecule has 2 fully saturated rings. The third-order valence-electron chi connectivity index (χ3n) is 5.91. The number of aromatic hydroxyl groups is 1. The maximum absolute atomic E-state index is 13.8. The van der Waals surface area contributed by atoms with E-state index in [-0.39, 0.29) is 36.7 Å². The highest BCUT2D eigenvalue weighted by Crippen LogP contribution is 2.43. The maximum atomic E-state index is 13.8. The molecule has 1 aliphatic heterocycles. The van der Waals surface area contributed by atoms with Gasteiger partial charge >= 0.3 is 0 Å². The van der Waals surface area contributed by atoms with Crippen LogP contribution in [0.25, 0.3) is 0 Å². The number of aliphatic hydroxyl groups is 2. The summed E-state index contributed by atoms with van der Waals surface area (Å²) >= 11 is 0. The van der Waals surface area contributed by atoms with Gasteiger partial charge in [-0.25, -0.2) is 17.6 Å². The van der Waals surface area contributed by atoms with Crippen molar-refractivity contribution >= 4 is 0 Å². The number of phenolic OH excluding ortho intramolecular Hbond substituents is 1. The van der Waals surface area contributed by atoms with Crippen molar-refractivity contribution in [3.05, 3.63) is 59.2 Å². The van der Waals surface area contributed by atoms with E-state index in [0.29, 0.717) is 13.0 Å². The highest BCUT2D eigenvalue weighted by atomic mass is 19.1. The van der Waals surface area contributed by atoms with Crippen molar-refractivity contribution in [1.82, 2.24) is 4.90 Å². The van der Waals surface area contributed by atoms with Crippen molar-refractivity contribution in [1.29, 1.82) is 0 Å². The van der Waals surface area contributed by atoms with Gasteiger partial charge < -0.3 is 20.1 Å². The minimum Gasteiger partial charge on any atom is -0.503 e. The first-order valence-corrected chi connectivity index (χ1v) is 9.57. The fourth-order valence-electron chi connectivity index (χ4n) is 4.49. The summed E-state index contributed by atoms with van der Waals surface area (Å²) in [7, 11) is 0. The Hall–Kier alpha value is -2.36. The molecule has 3 N–H and O–H groups in total. The van der Waals surface area contributed by atoms with Crippen LogP contribution in [0.4, 0.5) is 17.6 Å². The van der Waals surface area contributed by atoms with Crippen molar-refractivity contribution in [3.8, 4) is 11.5 Å². The van der Waals surface area contributed by atoms with E-state index in [1.165, 1.54) is 6.07 Å². The molecule has 0 amide bonds. The lowest BCUT2D eigenvalue weighted by Gasteiger charge is -2.25. The standard InChI is InChI=1S/C21H21F4NO4/c22-13-1-2-19(15(23)6-13)30-14-5-12-8-26(10-21(12,29)7-14)9-18(27)11-3-16(24)20(28)17(25)4-11/h1-4,6,12,14,18,27-29H,5,7-10H2/t12-,14+,18-,21-/m0/s1. The summed E-state index contributed by atoms with van der Waals surface area (Å²) in [5.41, 5.74) is -1.12. The SMILES string of the molecule is Oc1c(F)cc([C@@H](O)CN2C[C@@H]3C[C@@H](Oc4ccc(F)cc4F)C[C@]3(O)C2)cc1F. The second-order valence-electron chi connectivity index (χ2n) is 8.10. The molecule has 1 saturated carbocycles. The van der Waals surface area contributed by atoms with Crippen LogP contribution in [0.3, 0.4) is 0 Å². The van der Waals surface area contributed by atoms with Crippen LogP contribution in [0.2, 0.25) is 0 Å². The second kappa shape index (κ2) is 7.72. The van der Waals surface area contributed by atoms with Gasteiger partial charge in [-0.1, -0.05) is 0 Å². The summed E-state index contributed by atoms with van der Waals surface area (Å²) in [6, 6.07) is 4.78. The predicted molar refractivity (Wildman–Crippen MR) is 97.9 cm³/mol. The summed E-state index contributed by atoms with van der Waals surface area (Å²) in [5, 5.41) is 30.5. The highest BCUT2D eigenvalue weighted by molar-refractivity contribution is 5.31. The first kappa shape index (κ1) is 20.9. The number of β-amino-alcohol motifs (C(OH)–C–C–N with tert-alkyl or cyclic N) is 2. The van der Waals surface area contributed by atoms with E-state index in [4.69, 9.17) is 4.74 Å². The molecule has 9 heteroatoms. The molecule has 0 spiro atoms. The van der Waals surface area contributed by atoms with E-state index in [2.05, 4.69) is 0 Å². The molecular weight excluding hydrogens is 406 g/mol. The molecule has 4 atom stereocenters. The van der Waals surface area contributed by atoms with Crippen molar-refractivity contribution in [2.75, 3.05) is 19.6 Å². The number of fused-ring (bicyclic) bond motifs is 1. The van der Waals surface area contributed by atoms with Crippen LogP contribution in [0, 0.1) is 29.2 Å². The zero-order valence-corrected chi connectivity index (χ0v) is 15.9. The Morgan fingerprint density at radius 3 is 2.43 bits per heavy atom. The van der Waals surface area contributed by atoms with Gasteiger partial charge in [0, 0.05) is 38.0 Å². The lowest BCUT2D eigenvalue weighted by molar-refractivity contribution is 0.0175. The Kier molecular flexibility index (Phi) is 5.37. The van der Waals surface area contributed by atoms with Gasteiger partial charge in [0.1, 0.15) is 11.9 Å². The van der Waals surface area contributed by atoms with Crippen LogP contribution in [-0.4, -0.2) is 51.6 Å². The Balaban J connectivity index is 1.37. The van der Waals surface area contributed by atoms with E-state index in [9.17, 15) is 32.9 Å². The Labute approximate surface area is 170 Å². The number of hydrogen-bond donors (Lipinski definition) is 3. The van der Waals surface area contributed by atoms with Gasteiger partial charge in [-0.3, -0.25) is 4.90 Å². The normalized spacial score (nSPS) is 27.3. The summed E-state index contributed by atoms with van der Waals surface area (Å²) in [5.74, 6) is -5.19. The number of likely N-dealkylation sites (tertiary alicyclic amines) is 1. The average molecular weight is 427 g/mol. The van der Waals surface area contributed by atoms with Gasteiger partial charge in [0.25, 0.3) is 0 Å². The first-order valence-electron chi connectivity index (χ1n) is 9.57. The van der Waals surface area contributed by atoms with Gasteiger partial charge in [-0.2, -0.15) is 0 Å². The van der Waals surface area contributed by atoms with Crippen LogP contribution in [0.1, 0.15) is 24.5 Å². The molecule has 5 nitrogen and oxygen atoms in total. The highest BCUT2D eigenvalue weighted by Gasteiger charge is 2.53. The van der Waals surface area contributed by atoms with E-state index in [0.717, 1.165) is 24.3 Å². The molecule has 2 aromatic rings. The quantitative estimate of drug-likeness (QED) is 0.640. The van der Waals surface area contributed by atoms with E-state index in [1.807, 2.05) is 0 Å². The molecule has 4 rings (SSSR count). The third kappa shape index (κ3) is 3.97. The van der Waals surface area contributed by atoms with Crippen LogP contribution in [0.15, 0.2) is 30.3 Å². The molecule has 0 aromatic heterocycles. The molecule has 2 aliphatic rings. The number of hydrogen-bond acceptors (Lipinski definition) is 5. The van der Waals surface area contributed by atoms with Crippen LogP contribution in [0.5, 0.6) is 11.5 Å². The summed E-state index contributed by atoms with van der Waals surface area (Å²) in [6.07, 6.45) is -0.962. The smallest absolute Gasteiger partial charge is 0.187 e. The summed E-state index contributed by atoms with van der Waals surface area (Å²) < 4.78 is 59.5. The van der Waals surface area contributed by atoms with Crippen molar-refractivity contribution in [3.63, 3.8) is 0 Å². The number of ether oxygens (including phenoxy) is 1. The average Bonchev–Trinajstić information content (AvgIpc) is 3.11. The van der Waals surface area contributed by atoms with Gasteiger partial charge in [0.05, 0.1) is 11.7 Å². The molecule has 1 aliphatic carbocycles. The molecule has 1 saturated heterocycles. The molecule has 0 bridgehead atoms. The van der Waals surface area contributed by atoms with E-state index >= 15 is 0 Å². The van der Waals surface area contributed by atoms with Gasteiger partial charge in [0.2, 0.25) is 0 Å². The molecule has 0 unspecified atom stereocenters. The lowest BCUT2D eigenvalue weighted by Crippen LogP contribution is -2.36. The molecule has 0 radical (unpaired) electrons. The van der Waals surface area contributed by atoms with Crippen LogP contribution < -0.4 is 4.74 Å². The number of phenols is 1. The largest absolute Gasteiger partial charge is 0.503 e. The van der Waals surface area contributed by atoms with E-state index in [1.54, 1.807) is 4.90 Å². The number of nitrogens with zero attached hydrogens (tertiary/aromatic N) is 1. The second-order valence-corrected chi connectivity index (χ2v) is 8.10. The molecule has 162 valence electrons. The predicted octanol–water partition coefficient (Wildman–Crippen LogP) is 2.89. The summed E-state index contributed by atoms with van der Waals surface area (Å²) in [4.78, 5) is 1.78. The van der Waals surface area contributed by atoms with Crippen LogP contribution in [-0.2, 0) is 0 Å². The number of halogens is 4. The zero-order chi connectivity index (χ0) is 21.6. The fraction of sp³-hybridized carbons (Fsp3) is 0.429.